The summed E-state index contributed by atoms with van der Waals surface area (Å²) in [6, 6.07) is 6.20. The van der Waals surface area contributed by atoms with Gasteiger partial charge in [0.05, 0.1) is 0 Å². The Kier molecular flexibility index (Phi) is 2.56. The summed E-state index contributed by atoms with van der Waals surface area (Å²) < 4.78 is 5.35. The van der Waals surface area contributed by atoms with Crippen molar-refractivity contribution in [3.05, 3.63) is 41.4 Å². The Bertz CT molecular complexity index is 474. The molecule has 0 saturated carbocycles. The molecular weight excluding hydrogens is 188 g/mol. The Hall–Kier alpha value is -1.61. The molecule has 1 aromatic heterocycles. The lowest BCUT2D eigenvalue weighted by molar-refractivity contribution is 0.571. The molecule has 0 fully saturated rings. The third kappa shape index (κ3) is 1.78. The molecule has 0 saturated heterocycles. The van der Waals surface area contributed by atoms with Crippen molar-refractivity contribution < 1.29 is 4.42 Å². The highest BCUT2D eigenvalue weighted by molar-refractivity contribution is 5.61. The number of aromatic nitrogens is 1. The van der Waals surface area contributed by atoms with E-state index in [1.54, 1.807) is 0 Å². The van der Waals surface area contributed by atoms with Crippen LogP contribution in [0.2, 0.25) is 0 Å². The first kappa shape index (κ1) is 9.93. The highest BCUT2D eigenvalue weighted by Gasteiger charge is 2.09. The molecule has 0 radical (unpaired) electrons. The third-order valence-electron chi connectivity index (χ3n) is 2.60. The molecular formula is C12H14N2O. The molecule has 78 valence electrons. The lowest BCUT2D eigenvalue weighted by Gasteiger charge is -2.03. The predicted molar refractivity (Wildman–Crippen MR) is 59.3 cm³/mol. The van der Waals surface area contributed by atoms with Crippen LogP contribution in [0.5, 0.6) is 0 Å². The summed E-state index contributed by atoms with van der Waals surface area (Å²) >= 11 is 0. The number of rotatable bonds is 2. The van der Waals surface area contributed by atoms with Crippen LogP contribution < -0.4 is 5.73 Å². The largest absolute Gasteiger partial charge is 0.443 e. The monoisotopic (exact) mass is 202 g/mol. The van der Waals surface area contributed by atoms with Gasteiger partial charge < -0.3 is 10.2 Å². The summed E-state index contributed by atoms with van der Waals surface area (Å²) in [7, 11) is 0. The maximum Gasteiger partial charge on any atom is 0.181 e. The van der Waals surface area contributed by atoms with Gasteiger partial charge in [0.1, 0.15) is 5.69 Å². The Morgan fingerprint density at radius 1 is 1.27 bits per heavy atom. The number of nitrogens with zero attached hydrogens (tertiary/aromatic N) is 1. The SMILES string of the molecule is Cc1ccc(-c2ocnc2CN)cc1C. The van der Waals surface area contributed by atoms with Gasteiger partial charge in [0.15, 0.2) is 12.2 Å². The summed E-state index contributed by atoms with van der Waals surface area (Å²) in [5.74, 6) is 0.778. The van der Waals surface area contributed by atoms with Crippen LogP contribution in [-0.2, 0) is 6.54 Å². The minimum Gasteiger partial charge on any atom is -0.443 e. The van der Waals surface area contributed by atoms with Gasteiger partial charge in [0.2, 0.25) is 0 Å². The highest BCUT2D eigenvalue weighted by Crippen LogP contribution is 2.24. The van der Waals surface area contributed by atoms with E-state index in [4.69, 9.17) is 10.2 Å². The maximum absolute atomic E-state index is 5.58. The van der Waals surface area contributed by atoms with Crippen LogP contribution in [0.1, 0.15) is 16.8 Å². The second-order valence-corrected chi connectivity index (χ2v) is 3.63. The van der Waals surface area contributed by atoms with Crippen LogP contribution in [0.4, 0.5) is 0 Å². The molecule has 1 aromatic carbocycles. The lowest BCUT2D eigenvalue weighted by atomic mass is 10.0. The summed E-state index contributed by atoms with van der Waals surface area (Å²) in [4.78, 5) is 4.07. The molecule has 0 atom stereocenters. The van der Waals surface area contributed by atoms with Gasteiger partial charge in [-0.1, -0.05) is 12.1 Å². The third-order valence-corrected chi connectivity index (χ3v) is 2.60. The van der Waals surface area contributed by atoms with E-state index in [1.807, 2.05) is 6.07 Å². The van der Waals surface area contributed by atoms with Crippen molar-refractivity contribution >= 4 is 0 Å². The van der Waals surface area contributed by atoms with Gasteiger partial charge in [-0.25, -0.2) is 4.98 Å². The Morgan fingerprint density at radius 3 is 2.73 bits per heavy atom. The number of nitrogens with two attached hydrogens (primary N) is 1. The van der Waals surface area contributed by atoms with Gasteiger partial charge in [-0.15, -0.1) is 0 Å². The van der Waals surface area contributed by atoms with Crippen molar-refractivity contribution in [3.8, 4) is 11.3 Å². The van der Waals surface area contributed by atoms with E-state index in [9.17, 15) is 0 Å². The first-order valence-electron chi connectivity index (χ1n) is 4.92. The number of oxazole rings is 1. The molecule has 15 heavy (non-hydrogen) atoms. The Balaban J connectivity index is 2.50. The van der Waals surface area contributed by atoms with Gasteiger partial charge in [0, 0.05) is 12.1 Å². The molecule has 0 amide bonds. The first-order valence-corrected chi connectivity index (χ1v) is 4.92. The average Bonchev–Trinajstić information content (AvgIpc) is 2.70. The van der Waals surface area contributed by atoms with Crippen LogP contribution in [0, 0.1) is 13.8 Å². The molecule has 0 unspecified atom stereocenters. The van der Waals surface area contributed by atoms with Gasteiger partial charge >= 0.3 is 0 Å². The van der Waals surface area contributed by atoms with Crippen molar-refractivity contribution in [2.75, 3.05) is 0 Å². The number of aryl methyl sites for hydroxylation is 2. The quantitative estimate of drug-likeness (QED) is 0.813. The molecule has 0 bridgehead atoms. The fourth-order valence-corrected chi connectivity index (χ4v) is 1.53. The Labute approximate surface area is 88.9 Å². The zero-order chi connectivity index (χ0) is 10.8. The highest BCUT2D eigenvalue weighted by atomic mass is 16.3. The van der Waals surface area contributed by atoms with Crippen LogP contribution >= 0.6 is 0 Å². The van der Waals surface area contributed by atoms with Gasteiger partial charge in [-0.2, -0.15) is 0 Å². The second-order valence-electron chi connectivity index (χ2n) is 3.63. The molecule has 2 N–H and O–H groups in total. The van der Waals surface area contributed by atoms with Crippen molar-refractivity contribution in [2.24, 2.45) is 5.73 Å². The van der Waals surface area contributed by atoms with Crippen molar-refractivity contribution in [1.82, 2.24) is 4.98 Å². The summed E-state index contributed by atoms with van der Waals surface area (Å²) in [6.45, 7) is 4.57. The Morgan fingerprint density at radius 2 is 2.07 bits per heavy atom. The summed E-state index contributed by atoms with van der Waals surface area (Å²) in [5, 5.41) is 0. The van der Waals surface area contributed by atoms with Crippen molar-refractivity contribution in [2.45, 2.75) is 20.4 Å². The molecule has 0 aliphatic heterocycles. The van der Waals surface area contributed by atoms with Gasteiger partial charge in [-0.3, -0.25) is 0 Å². The van der Waals surface area contributed by atoms with Crippen LogP contribution in [-0.4, -0.2) is 4.98 Å². The molecule has 1 heterocycles. The van der Waals surface area contributed by atoms with E-state index >= 15 is 0 Å². The molecule has 0 aliphatic rings. The van der Waals surface area contributed by atoms with E-state index in [-0.39, 0.29) is 0 Å². The van der Waals surface area contributed by atoms with E-state index in [0.717, 1.165) is 17.0 Å². The van der Waals surface area contributed by atoms with Gasteiger partial charge in [-0.05, 0) is 31.0 Å². The van der Waals surface area contributed by atoms with E-state index in [2.05, 4.69) is 31.0 Å². The minimum atomic E-state index is 0.402. The molecule has 2 rings (SSSR count). The normalized spacial score (nSPS) is 10.6. The van der Waals surface area contributed by atoms with E-state index in [1.165, 1.54) is 17.5 Å². The van der Waals surface area contributed by atoms with Crippen molar-refractivity contribution in [1.29, 1.82) is 0 Å². The lowest BCUT2D eigenvalue weighted by Crippen LogP contribution is -1.98. The van der Waals surface area contributed by atoms with E-state index < -0.39 is 0 Å². The first-order chi connectivity index (χ1) is 7.22. The minimum absolute atomic E-state index is 0.402. The number of benzene rings is 1. The summed E-state index contributed by atoms with van der Waals surface area (Å²) in [5.41, 5.74) is 9.93. The predicted octanol–water partition coefficient (Wildman–Crippen LogP) is 2.42. The zero-order valence-corrected chi connectivity index (χ0v) is 8.95. The smallest absolute Gasteiger partial charge is 0.181 e. The molecule has 3 nitrogen and oxygen atoms in total. The second kappa shape index (κ2) is 3.87. The molecule has 3 heteroatoms. The maximum atomic E-state index is 5.58. The fraction of sp³-hybridized carbons (Fsp3) is 0.250. The van der Waals surface area contributed by atoms with Gasteiger partial charge in [0.25, 0.3) is 0 Å². The van der Waals surface area contributed by atoms with Crippen LogP contribution in [0.3, 0.4) is 0 Å². The van der Waals surface area contributed by atoms with E-state index in [0.29, 0.717) is 6.54 Å². The molecule has 0 aliphatic carbocycles. The van der Waals surface area contributed by atoms with Crippen molar-refractivity contribution in [3.63, 3.8) is 0 Å². The van der Waals surface area contributed by atoms with Crippen LogP contribution in [0.15, 0.2) is 29.0 Å². The number of hydrogen-bond acceptors (Lipinski definition) is 3. The summed E-state index contributed by atoms with van der Waals surface area (Å²) in [6.07, 6.45) is 1.44. The zero-order valence-electron chi connectivity index (χ0n) is 8.95. The topological polar surface area (TPSA) is 52.0 Å². The van der Waals surface area contributed by atoms with Crippen LogP contribution in [0.25, 0.3) is 11.3 Å². The number of hydrogen-bond donors (Lipinski definition) is 1. The standard InChI is InChI=1S/C12H14N2O/c1-8-3-4-10(5-9(8)2)12-11(6-13)14-7-15-12/h3-5,7H,6,13H2,1-2H3. The fourth-order valence-electron chi connectivity index (χ4n) is 1.53. The molecule has 2 aromatic rings. The molecule has 0 spiro atoms. The average molecular weight is 202 g/mol.